The normalized spacial score (nSPS) is 10.8. The van der Waals surface area contributed by atoms with Gasteiger partial charge in [-0.05, 0) is 30.3 Å². The first-order valence-corrected chi connectivity index (χ1v) is 6.37. The second kappa shape index (κ2) is 6.50. The lowest BCUT2D eigenvalue weighted by Crippen LogP contribution is -2.08. The second-order valence-electron chi connectivity index (χ2n) is 3.80. The third-order valence-electron chi connectivity index (χ3n) is 2.42. The SMILES string of the molecule is O=C(/C=C/c1c(F)cccc1Cl)Nc1cccnc1Cl. The number of halogens is 3. The Balaban J connectivity index is 2.12. The third kappa shape index (κ3) is 3.56. The van der Waals surface area contributed by atoms with Crippen molar-refractivity contribution in [1.29, 1.82) is 0 Å². The van der Waals surface area contributed by atoms with E-state index in [-0.39, 0.29) is 15.7 Å². The molecule has 20 heavy (non-hydrogen) atoms. The molecular weight excluding hydrogens is 302 g/mol. The summed E-state index contributed by atoms with van der Waals surface area (Å²) in [6.07, 6.45) is 3.98. The van der Waals surface area contributed by atoms with Gasteiger partial charge in [-0.1, -0.05) is 29.3 Å². The van der Waals surface area contributed by atoms with Crippen LogP contribution >= 0.6 is 23.2 Å². The number of nitrogens with one attached hydrogen (secondary N) is 1. The highest BCUT2D eigenvalue weighted by molar-refractivity contribution is 6.33. The maximum atomic E-state index is 13.5. The smallest absolute Gasteiger partial charge is 0.248 e. The van der Waals surface area contributed by atoms with Crippen LogP contribution in [0.2, 0.25) is 10.2 Å². The Bertz CT molecular complexity index is 654. The molecule has 0 aliphatic carbocycles. The van der Waals surface area contributed by atoms with Gasteiger partial charge in [-0.15, -0.1) is 0 Å². The maximum absolute atomic E-state index is 13.5. The van der Waals surface area contributed by atoms with E-state index in [0.717, 1.165) is 0 Å². The highest BCUT2D eigenvalue weighted by Gasteiger charge is 2.05. The van der Waals surface area contributed by atoms with Crippen molar-refractivity contribution in [2.45, 2.75) is 0 Å². The molecule has 3 nitrogen and oxygen atoms in total. The molecule has 1 aromatic carbocycles. The Morgan fingerprint density at radius 2 is 2.05 bits per heavy atom. The molecular formula is C14H9Cl2FN2O. The summed E-state index contributed by atoms with van der Waals surface area (Å²) in [5.41, 5.74) is 0.532. The lowest BCUT2D eigenvalue weighted by Gasteiger charge is -2.03. The van der Waals surface area contributed by atoms with Crippen molar-refractivity contribution in [3.05, 3.63) is 64.2 Å². The molecule has 1 heterocycles. The predicted molar refractivity (Wildman–Crippen MR) is 78.3 cm³/mol. The molecule has 0 saturated carbocycles. The molecule has 102 valence electrons. The topological polar surface area (TPSA) is 42.0 Å². The maximum Gasteiger partial charge on any atom is 0.248 e. The number of anilines is 1. The fraction of sp³-hybridized carbons (Fsp3) is 0. The molecule has 1 N–H and O–H groups in total. The molecule has 0 atom stereocenters. The molecule has 2 aromatic rings. The third-order valence-corrected chi connectivity index (χ3v) is 3.05. The van der Waals surface area contributed by atoms with Gasteiger partial charge in [-0.2, -0.15) is 0 Å². The molecule has 0 spiro atoms. The monoisotopic (exact) mass is 310 g/mol. The van der Waals surface area contributed by atoms with Crippen LogP contribution in [0.3, 0.4) is 0 Å². The molecule has 0 aliphatic heterocycles. The molecule has 1 aromatic heterocycles. The van der Waals surface area contributed by atoms with Crippen LogP contribution in [0.1, 0.15) is 5.56 Å². The van der Waals surface area contributed by atoms with Crippen molar-refractivity contribution < 1.29 is 9.18 Å². The lowest BCUT2D eigenvalue weighted by molar-refractivity contribution is -0.111. The van der Waals surface area contributed by atoms with Crippen LogP contribution in [0.15, 0.2) is 42.6 Å². The van der Waals surface area contributed by atoms with Gasteiger partial charge in [0.2, 0.25) is 5.91 Å². The van der Waals surface area contributed by atoms with E-state index in [2.05, 4.69) is 10.3 Å². The van der Waals surface area contributed by atoms with Crippen molar-refractivity contribution in [3.63, 3.8) is 0 Å². The number of rotatable bonds is 3. The minimum Gasteiger partial charge on any atom is -0.320 e. The number of carbonyl (C=O) groups is 1. The summed E-state index contributed by atoms with van der Waals surface area (Å²) < 4.78 is 13.5. The fourth-order valence-electron chi connectivity index (χ4n) is 1.48. The van der Waals surface area contributed by atoms with E-state index in [0.29, 0.717) is 5.69 Å². The molecule has 0 fully saturated rings. The van der Waals surface area contributed by atoms with E-state index >= 15 is 0 Å². The fourth-order valence-corrected chi connectivity index (χ4v) is 1.88. The van der Waals surface area contributed by atoms with Gasteiger partial charge in [0.1, 0.15) is 5.82 Å². The van der Waals surface area contributed by atoms with Crippen LogP contribution in [0.25, 0.3) is 6.08 Å². The number of pyridine rings is 1. The average Bonchev–Trinajstić information content (AvgIpc) is 2.41. The van der Waals surface area contributed by atoms with Gasteiger partial charge >= 0.3 is 0 Å². The zero-order valence-electron chi connectivity index (χ0n) is 10.1. The Labute approximate surface area is 125 Å². The predicted octanol–water partition coefficient (Wildman–Crippen LogP) is 4.18. The number of hydrogen-bond donors (Lipinski definition) is 1. The molecule has 0 unspecified atom stereocenters. The molecule has 0 saturated heterocycles. The van der Waals surface area contributed by atoms with E-state index in [9.17, 15) is 9.18 Å². The summed E-state index contributed by atoms with van der Waals surface area (Å²) in [6, 6.07) is 7.54. The van der Waals surface area contributed by atoms with Gasteiger partial charge < -0.3 is 5.32 Å². The number of aromatic nitrogens is 1. The van der Waals surface area contributed by atoms with Crippen LogP contribution in [-0.4, -0.2) is 10.9 Å². The van der Waals surface area contributed by atoms with E-state index in [1.807, 2.05) is 0 Å². The first kappa shape index (κ1) is 14.5. The first-order valence-electron chi connectivity index (χ1n) is 5.61. The number of benzene rings is 1. The van der Waals surface area contributed by atoms with Crippen molar-refractivity contribution in [2.75, 3.05) is 5.32 Å². The first-order chi connectivity index (χ1) is 9.58. The quantitative estimate of drug-likeness (QED) is 0.682. The van der Waals surface area contributed by atoms with Crippen LogP contribution in [0, 0.1) is 5.82 Å². The van der Waals surface area contributed by atoms with Crippen LogP contribution in [0.5, 0.6) is 0 Å². The molecule has 1 amide bonds. The van der Waals surface area contributed by atoms with Gasteiger partial charge in [0.25, 0.3) is 0 Å². The van der Waals surface area contributed by atoms with Gasteiger partial charge in [0.15, 0.2) is 5.15 Å². The summed E-state index contributed by atoms with van der Waals surface area (Å²) in [4.78, 5) is 15.5. The van der Waals surface area contributed by atoms with Crippen LogP contribution in [-0.2, 0) is 4.79 Å². The minimum absolute atomic E-state index is 0.154. The van der Waals surface area contributed by atoms with E-state index < -0.39 is 11.7 Å². The summed E-state index contributed by atoms with van der Waals surface area (Å²) in [6.45, 7) is 0. The Morgan fingerprint density at radius 3 is 2.75 bits per heavy atom. The molecule has 0 radical (unpaired) electrons. The zero-order valence-corrected chi connectivity index (χ0v) is 11.6. The number of hydrogen-bond acceptors (Lipinski definition) is 2. The number of carbonyl (C=O) groups excluding carboxylic acids is 1. The number of nitrogens with zero attached hydrogens (tertiary/aromatic N) is 1. The molecule has 2 rings (SSSR count). The summed E-state index contributed by atoms with van der Waals surface area (Å²) >= 11 is 11.6. The van der Waals surface area contributed by atoms with Crippen molar-refractivity contribution in [3.8, 4) is 0 Å². The summed E-state index contributed by atoms with van der Waals surface area (Å²) in [5, 5.41) is 2.94. The standard InChI is InChI=1S/C14H9Cl2FN2O/c15-10-3-1-4-11(17)9(10)6-7-13(20)19-12-5-2-8-18-14(12)16/h1-8H,(H,19,20)/b7-6+. The Kier molecular flexibility index (Phi) is 4.71. The Morgan fingerprint density at radius 1 is 1.25 bits per heavy atom. The number of amides is 1. The van der Waals surface area contributed by atoms with Crippen molar-refractivity contribution >= 4 is 40.9 Å². The van der Waals surface area contributed by atoms with Gasteiger partial charge in [-0.25, -0.2) is 9.37 Å². The molecule has 6 heteroatoms. The Hall–Kier alpha value is -1.91. The van der Waals surface area contributed by atoms with Crippen molar-refractivity contribution in [2.24, 2.45) is 0 Å². The van der Waals surface area contributed by atoms with Gasteiger partial charge in [0, 0.05) is 17.8 Å². The average molecular weight is 311 g/mol. The largest absolute Gasteiger partial charge is 0.320 e. The van der Waals surface area contributed by atoms with E-state index in [4.69, 9.17) is 23.2 Å². The molecule has 0 bridgehead atoms. The lowest BCUT2D eigenvalue weighted by atomic mass is 10.2. The van der Waals surface area contributed by atoms with Gasteiger partial charge in [-0.3, -0.25) is 4.79 Å². The minimum atomic E-state index is -0.499. The van der Waals surface area contributed by atoms with Gasteiger partial charge in [0.05, 0.1) is 10.7 Å². The van der Waals surface area contributed by atoms with Crippen LogP contribution < -0.4 is 5.32 Å². The highest BCUT2D eigenvalue weighted by atomic mass is 35.5. The second-order valence-corrected chi connectivity index (χ2v) is 4.56. The van der Waals surface area contributed by atoms with E-state index in [1.165, 1.54) is 30.5 Å². The summed E-state index contributed by atoms with van der Waals surface area (Å²) in [7, 11) is 0. The van der Waals surface area contributed by atoms with Crippen molar-refractivity contribution in [1.82, 2.24) is 4.98 Å². The summed E-state index contributed by atoms with van der Waals surface area (Å²) in [5.74, 6) is -0.958. The highest BCUT2D eigenvalue weighted by Crippen LogP contribution is 2.21. The van der Waals surface area contributed by atoms with Crippen LogP contribution in [0.4, 0.5) is 10.1 Å². The zero-order chi connectivity index (χ0) is 14.5. The molecule has 0 aliphatic rings. The van der Waals surface area contributed by atoms with E-state index in [1.54, 1.807) is 18.2 Å².